The Labute approximate surface area is 147 Å². The number of aromatic nitrogens is 3. The van der Waals surface area contributed by atoms with Gasteiger partial charge in [-0.2, -0.15) is 5.10 Å². The minimum absolute atomic E-state index is 0.0122. The Balaban J connectivity index is 1.77. The predicted octanol–water partition coefficient (Wildman–Crippen LogP) is 2.30. The molecule has 7 nitrogen and oxygen atoms in total. The van der Waals surface area contributed by atoms with E-state index in [4.69, 9.17) is 0 Å². The summed E-state index contributed by atoms with van der Waals surface area (Å²) >= 11 is 0. The lowest BCUT2D eigenvalue weighted by molar-refractivity contribution is -0.124. The van der Waals surface area contributed by atoms with E-state index in [2.05, 4.69) is 20.7 Å². The molecule has 2 N–H and O–H groups in total. The highest BCUT2D eigenvalue weighted by atomic mass is 16.2. The molecule has 134 valence electrons. The van der Waals surface area contributed by atoms with Crippen LogP contribution in [0, 0.1) is 20.8 Å². The van der Waals surface area contributed by atoms with Gasteiger partial charge >= 0.3 is 0 Å². The average molecular weight is 343 g/mol. The lowest BCUT2D eigenvalue weighted by atomic mass is 10.0. The fraction of sp³-hybridized carbons (Fsp3) is 0.444. The normalized spacial score (nSPS) is 11.8. The number of aryl methyl sites for hydroxylation is 3. The Morgan fingerprint density at radius 2 is 1.76 bits per heavy atom. The molecule has 0 fully saturated rings. The third-order valence-electron chi connectivity index (χ3n) is 4.00. The molecule has 0 bridgehead atoms. The number of amides is 2. The third kappa shape index (κ3) is 5.41. The molecule has 1 heterocycles. The number of rotatable bonds is 7. The van der Waals surface area contributed by atoms with Gasteiger partial charge in [-0.05, 0) is 38.8 Å². The largest absolute Gasteiger partial charge is 0.354 e. The van der Waals surface area contributed by atoms with Crippen LogP contribution in [0.3, 0.4) is 0 Å². The molecule has 7 heteroatoms. The minimum atomic E-state index is -0.158. The lowest BCUT2D eigenvalue weighted by Gasteiger charge is -2.14. The Morgan fingerprint density at radius 3 is 2.36 bits per heavy atom. The third-order valence-corrected chi connectivity index (χ3v) is 4.00. The quantitative estimate of drug-likeness (QED) is 0.807. The number of hydrogen-bond acceptors (Lipinski definition) is 4. The van der Waals surface area contributed by atoms with Gasteiger partial charge < -0.3 is 10.6 Å². The number of carbonyl (C=O) groups is 2. The zero-order chi connectivity index (χ0) is 18.4. The van der Waals surface area contributed by atoms with Crippen LogP contribution < -0.4 is 10.6 Å². The van der Waals surface area contributed by atoms with Crippen molar-refractivity contribution in [1.29, 1.82) is 0 Å². The van der Waals surface area contributed by atoms with Crippen LogP contribution in [0.1, 0.15) is 42.5 Å². The van der Waals surface area contributed by atoms with Crippen molar-refractivity contribution in [2.75, 3.05) is 11.9 Å². The standard InChI is InChI=1S/C18H25N5O2/c1-12-7-13(2)18(14(3)8-12)22-17(25)6-5-16(24)20-9-15(4)23-11-19-10-21-23/h7-8,10-11,15H,5-6,9H2,1-4H3,(H,20,24)(H,22,25)/t15-/m0/s1. The maximum Gasteiger partial charge on any atom is 0.224 e. The van der Waals surface area contributed by atoms with Crippen LogP contribution in [-0.2, 0) is 9.59 Å². The van der Waals surface area contributed by atoms with Crippen molar-refractivity contribution < 1.29 is 9.59 Å². The SMILES string of the molecule is Cc1cc(C)c(NC(=O)CCC(=O)NC[C@H](C)n2cncn2)c(C)c1. The fourth-order valence-corrected chi connectivity index (χ4v) is 2.69. The van der Waals surface area contributed by atoms with Gasteiger partial charge in [0.2, 0.25) is 11.8 Å². The summed E-state index contributed by atoms with van der Waals surface area (Å²) in [5, 5.41) is 9.75. The van der Waals surface area contributed by atoms with Gasteiger partial charge in [-0.3, -0.25) is 9.59 Å². The molecule has 0 radical (unpaired) electrons. The molecule has 2 amide bonds. The Morgan fingerprint density at radius 1 is 1.12 bits per heavy atom. The molecule has 2 aromatic rings. The smallest absolute Gasteiger partial charge is 0.224 e. The number of carbonyl (C=O) groups excluding carboxylic acids is 2. The predicted molar refractivity (Wildman–Crippen MR) is 96.3 cm³/mol. The number of benzene rings is 1. The first-order valence-corrected chi connectivity index (χ1v) is 8.35. The van der Waals surface area contributed by atoms with E-state index in [1.807, 2.05) is 39.8 Å². The summed E-state index contributed by atoms with van der Waals surface area (Å²) in [5.41, 5.74) is 4.04. The topological polar surface area (TPSA) is 88.9 Å². The van der Waals surface area contributed by atoms with E-state index in [0.717, 1.165) is 22.4 Å². The van der Waals surface area contributed by atoms with Gasteiger partial charge in [-0.15, -0.1) is 0 Å². The van der Waals surface area contributed by atoms with Crippen molar-refractivity contribution in [2.24, 2.45) is 0 Å². The summed E-state index contributed by atoms with van der Waals surface area (Å²) in [6.07, 6.45) is 3.37. The molecule has 0 unspecified atom stereocenters. The summed E-state index contributed by atoms with van der Waals surface area (Å²) in [5.74, 6) is -0.311. The summed E-state index contributed by atoms with van der Waals surface area (Å²) < 4.78 is 1.68. The number of anilines is 1. The van der Waals surface area contributed by atoms with E-state index in [9.17, 15) is 9.59 Å². The number of nitrogens with zero attached hydrogens (tertiary/aromatic N) is 3. The minimum Gasteiger partial charge on any atom is -0.354 e. The summed E-state index contributed by atoms with van der Waals surface area (Å²) in [6, 6.07) is 4.07. The summed E-state index contributed by atoms with van der Waals surface area (Å²) in [4.78, 5) is 27.9. The molecule has 2 rings (SSSR count). The average Bonchev–Trinajstić information content (AvgIpc) is 3.08. The first-order chi connectivity index (χ1) is 11.9. The van der Waals surface area contributed by atoms with Gasteiger partial charge in [-0.25, -0.2) is 9.67 Å². The van der Waals surface area contributed by atoms with E-state index in [0.29, 0.717) is 6.54 Å². The van der Waals surface area contributed by atoms with Gasteiger partial charge in [-0.1, -0.05) is 17.7 Å². The van der Waals surface area contributed by atoms with Crippen LogP contribution >= 0.6 is 0 Å². The molecule has 0 aliphatic rings. The molecule has 0 aliphatic carbocycles. The maximum atomic E-state index is 12.1. The van der Waals surface area contributed by atoms with Crippen LogP contribution in [0.2, 0.25) is 0 Å². The first-order valence-electron chi connectivity index (χ1n) is 8.35. The Hall–Kier alpha value is -2.70. The van der Waals surface area contributed by atoms with Crippen molar-refractivity contribution >= 4 is 17.5 Å². The van der Waals surface area contributed by atoms with Crippen LogP contribution in [0.15, 0.2) is 24.8 Å². The van der Waals surface area contributed by atoms with Crippen LogP contribution in [0.5, 0.6) is 0 Å². The Kier molecular flexibility index (Phi) is 6.27. The van der Waals surface area contributed by atoms with E-state index < -0.39 is 0 Å². The highest BCUT2D eigenvalue weighted by molar-refractivity contribution is 5.94. The van der Waals surface area contributed by atoms with Crippen LogP contribution in [-0.4, -0.2) is 33.1 Å². The van der Waals surface area contributed by atoms with E-state index in [-0.39, 0.29) is 30.7 Å². The van der Waals surface area contributed by atoms with Crippen molar-refractivity contribution in [2.45, 2.75) is 46.6 Å². The zero-order valence-electron chi connectivity index (χ0n) is 15.2. The monoisotopic (exact) mass is 343 g/mol. The molecule has 0 saturated heterocycles. The van der Waals surface area contributed by atoms with Gasteiger partial charge in [0.25, 0.3) is 0 Å². The molecule has 0 saturated carbocycles. The first kappa shape index (κ1) is 18.6. The van der Waals surface area contributed by atoms with Crippen molar-refractivity contribution in [3.8, 4) is 0 Å². The Bertz CT molecular complexity index is 717. The molecule has 0 spiro atoms. The second kappa shape index (κ2) is 8.41. The van der Waals surface area contributed by atoms with E-state index in [1.54, 1.807) is 11.0 Å². The molecular weight excluding hydrogens is 318 g/mol. The molecule has 1 atom stereocenters. The molecular formula is C18H25N5O2. The number of hydrogen-bond donors (Lipinski definition) is 2. The van der Waals surface area contributed by atoms with Crippen LogP contribution in [0.4, 0.5) is 5.69 Å². The maximum absolute atomic E-state index is 12.1. The molecule has 25 heavy (non-hydrogen) atoms. The van der Waals surface area contributed by atoms with Crippen LogP contribution in [0.25, 0.3) is 0 Å². The fourth-order valence-electron chi connectivity index (χ4n) is 2.69. The second-order valence-electron chi connectivity index (χ2n) is 6.35. The summed E-state index contributed by atoms with van der Waals surface area (Å²) in [6.45, 7) is 8.34. The molecule has 0 aliphatic heterocycles. The lowest BCUT2D eigenvalue weighted by Crippen LogP contribution is -2.30. The van der Waals surface area contributed by atoms with Gasteiger partial charge in [0.15, 0.2) is 0 Å². The van der Waals surface area contributed by atoms with E-state index in [1.165, 1.54) is 6.33 Å². The molecule has 1 aromatic heterocycles. The van der Waals surface area contributed by atoms with Gasteiger partial charge in [0.05, 0.1) is 6.04 Å². The summed E-state index contributed by atoms with van der Waals surface area (Å²) in [7, 11) is 0. The highest BCUT2D eigenvalue weighted by Gasteiger charge is 2.12. The van der Waals surface area contributed by atoms with Gasteiger partial charge in [0.1, 0.15) is 12.7 Å². The van der Waals surface area contributed by atoms with Crippen molar-refractivity contribution in [1.82, 2.24) is 20.1 Å². The molecule has 1 aromatic carbocycles. The number of nitrogens with one attached hydrogen (secondary N) is 2. The van der Waals surface area contributed by atoms with Crippen molar-refractivity contribution in [3.05, 3.63) is 41.5 Å². The second-order valence-corrected chi connectivity index (χ2v) is 6.35. The highest BCUT2D eigenvalue weighted by Crippen LogP contribution is 2.22. The zero-order valence-corrected chi connectivity index (χ0v) is 15.2. The van der Waals surface area contributed by atoms with Gasteiger partial charge in [0, 0.05) is 25.1 Å². The van der Waals surface area contributed by atoms with Crippen molar-refractivity contribution in [3.63, 3.8) is 0 Å². The van der Waals surface area contributed by atoms with E-state index >= 15 is 0 Å².